The number of hydrogen-bond donors (Lipinski definition) is 2. The molecule has 2 aromatic rings. The molecule has 3 N–H and O–H groups in total. The van der Waals surface area contributed by atoms with E-state index < -0.39 is 0 Å². The zero-order valence-electron chi connectivity index (χ0n) is 9.76. The molecule has 5 nitrogen and oxygen atoms in total. The second kappa shape index (κ2) is 4.33. The molecule has 1 unspecified atom stereocenters. The minimum atomic E-state index is 0.516. The highest BCUT2D eigenvalue weighted by molar-refractivity contribution is 5.45. The van der Waals surface area contributed by atoms with Crippen LogP contribution in [0.1, 0.15) is 25.1 Å². The monoisotopic (exact) mass is 231 g/mol. The molecule has 0 radical (unpaired) electrons. The average Bonchev–Trinajstić information content (AvgIpc) is 2.74. The molecule has 90 valence electrons. The fraction of sp³-hybridized carbons (Fsp3) is 0.500. The van der Waals surface area contributed by atoms with Gasteiger partial charge in [-0.3, -0.25) is 0 Å². The van der Waals surface area contributed by atoms with Crippen molar-refractivity contribution < 1.29 is 0 Å². The van der Waals surface area contributed by atoms with E-state index in [1.807, 2.05) is 18.2 Å². The first-order chi connectivity index (χ1) is 8.33. The zero-order chi connectivity index (χ0) is 11.7. The number of pyridine rings is 1. The predicted molar refractivity (Wildman–Crippen MR) is 66.7 cm³/mol. The first-order valence-corrected chi connectivity index (χ1v) is 6.16. The first kappa shape index (κ1) is 10.5. The molecule has 0 aromatic carbocycles. The van der Waals surface area contributed by atoms with Gasteiger partial charge in [0.1, 0.15) is 5.82 Å². The third-order valence-corrected chi connectivity index (χ3v) is 3.27. The van der Waals surface area contributed by atoms with Gasteiger partial charge in [0.25, 0.3) is 0 Å². The van der Waals surface area contributed by atoms with Crippen LogP contribution >= 0.6 is 0 Å². The highest BCUT2D eigenvalue weighted by atomic mass is 15.3. The van der Waals surface area contributed by atoms with Crippen molar-refractivity contribution in [2.24, 2.45) is 0 Å². The Bertz CT molecular complexity index is 513. The Kier molecular flexibility index (Phi) is 2.68. The maximum atomic E-state index is 5.85. The average molecular weight is 231 g/mol. The van der Waals surface area contributed by atoms with Crippen molar-refractivity contribution >= 4 is 11.5 Å². The molecule has 17 heavy (non-hydrogen) atoms. The predicted octanol–water partition coefficient (Wildman–Crippen LogP) is 0.996. The Morgan fingerprint density at radius 2 is 2.35 bits per heavy atom. The van der Waals surface area contributed by atoms with Crippen LogP contribution in [0, 0.1) is 0 Å². The number of anilines is 1. The number of aromatic nitrogens is 3. The van der Waals surface area contributed by atoms with Crippen LogP contribution in [-0.4, -0.2) is 27.2 Å². The summed E-state index contributed by atoms with van der Waals surface area (Å²) in [5, 5.41) is 7.95. The minimum absolute atomic E-state index is 0.516. The van der Waals surface area contributed by atoms with Gasteiger partial charge in [-0.1, -0.05) is 12.5 Å². The van der Waals surface area contributed by atoms with E-state index in [-0.39, 0.29) is 0 Å². The summed E-state index contributed by atoms with van der Waals surface area (Å²) in [5.41, 5.74) is 6.68. The van der Waals surface area contributed by atoms with Crippen LogP contribution in [-0.2, 0) is 6.42 Å². The zero-order valence-corrected chi connectivity index (χ0v) is 9.76. The molecular formula is C12H17N5. The maximum absolute atomic E-state index is 5.85. The molecule has 0 bridgehead atoms. The molecule has 3 rings (SSSR count). The van der Waals surface area contributed by atoms with E-state index in [1.165, 1.54) is 19.3 Å². The number of hydrogen-bond acceptors (Lipinski definition) is 4. The smallest absolute Gasteiger partial charge is 0.157 e. The van der Waals surface area contributed by atoms with Crippen LogP contribution in [0.5, 0.6) is 0 Å². The number of piperidine rings is 1. The summed E-state index contributed by atoms with van der Waals surface area (Å²) in [6.45, 7) is 1.11. The molecule has 1 atom stereocenters. The van der Waals surface area contributed by atoms with Crippen molar-refractivity contribution in [1.82, 2.24) is 19.9 Å². The first-order valence-electron chi connectivity index (χ1n) is 6.16. The Morgan fingerprint density at radius 1 is 1.41 bits per heavy atom. The van der Waals surface area contributed by atoms with Gasteiger partial charge in [-0.15, -0.1) is 5.10 Å². The van der Waals surface area contributed by atoms with Gasteiger partial charge in [0, 0.05) is 12.5 Å². The topological polar surface area (TPSA) is 68.2 Å². The van der Waals surface area contributed by atoms with Gasteiger partial charge in [-0.25, -0.2) is 4.98 Å². The molecule has 1 fully saturated rings. The molecule has 0 spiro atoms. The van der Waals surface area contributed by atoms with E-state index >= 15 is 0 Å². The quantitative estimate of drug-likeness (QED) is 0.809. The largest absolute Gasteiger partial charge is 0.384 e. The van der Waals surface area contributed by atoms with Crippen LogP contribution in [0.4, 0.5) is 5.82 Å². The van der Waals surface area contributed by atoms with E-state index in [2.05, 4.69) is 15.4 Å². The van der Waals surface area contributed by atoms with Crippen LogP contribution in [0.3, 0.4) is 0 Å². The van der Waals surface area contributed by atoms with Crippen molar-refractivity contribution in [1.29, 1.82) is 0 Å². The maximum Gasteiger partial charge on any atom is 0.157 e. The Labute approximate surface area is 100 Å². The van der Waals surface area contributed by atoms with Crippen molar-refractivity contribution in [3.05, 3.63) is 24.0 Å². The van der Waals surface area contributed by atoms with Gasteiger partial charge >= 0.3 is 0 Å². The second-order valence-corrected chi connectivity index (χ2v) is 4.60. The normalized spacial score (nSPS) is 20.8. The molecular weight excluding hydrogens is 214 g/mol. The Balaban J connectivity index is 1.83. The van der Waals surface area contributed by atoms with Crippen molar-refractivity contribution in [3.8, 4) is 0 Å². The van der Waals surface area contributed by atoms with Crippen LogP contribution < -0.4 is 11.1 Å². The van der Waals surface area contributed by atoms with E-state index in [0.29, 0.717) is 11.9 Å². The van der Waals surface area contributed by atoms with Crippen molar-refractivity contribution in [2.45, 2.75) is 31.7 Å². The molecule has 1 aliphatic heterocycles. The minimum Gasteiger partial charge on any atom is -0.384 e. The van der Waals surface area contributed by atoms with E-state index in [4.69, 9.17) is 5.73 Å². The van der Waals surface area contributed by atoms with Crippen LogP contribution in [0.25, 0.3) is 5.65 Å². The number of nitrogens with two attached hydrogens (primary N) is 1. The number of nitrogen functional groups attached to an aromatic ring is 1. The lowest BCUT2D eigenvalue weighted by Gasteiger charge is -2.21. The molecule has 0 aliphatic carbocycles. The molecule has 5 heteroatoms. The van der Waals surface area contributed by atoms with Crippen LogP contribution in [0.2, 0.25) is 0 Å². The van der Waals surface area contributed by atoms with E-state index in [9.17, 15) is 0 Å². The summed E-state index contributed by atoms with van der Waals surface area (Å²) in [6, 6.07) is 6.19. The number of nitrogens with zero attached hydrogens (tertiary/aromatic N) is 3. The third kappa shape index (κ3) is 2.10. The van der Waals surface area contributed by atoms with Gasteiger partial charge in [0.2, 0.25) is 0 Å². The van der Waals surface area contributed by atoms with Crippen LogP contribution in [0.15, 0.2) is 18.2 Å². The molecule has 2 aromatic heterocycles. The SMILES string of the molecule is Nc1cccc2nc(CC3CCCCN3)nn12. The highest BCUT2D eigenvalue weighted by Crippen LogP contribution is 2.13. The molecule has 0 saturated carbocycles. The number of fused-ring (bicyclic) bond motifs is 1. The summed E-state index contributed by atoms with van der Waals surface area (Å²) in [6.07, 6.45) is 4.68. The summed E-state index contributed by atoms with van der Waals surface area (Å²) >= 11 is 0. The standard InChI is InChI=1S/C12H17N5/c13-10-5-3-6-12-15-11(16-17(10)12)8-9-4-1-2-7-14-9/h3,5-6,9,14H,1-2,4,7-8,13H2. The lowest BCUT2D eigenvalue weighted by atomic mass is 10.0. The van der Waals surface area contributed by atoms with Gasteiger partial charge in [-0.2, -0.15) is 4.52 Å². The fourth-order valence-electron chi connectivity index (χ4n) is 2.37. The lowest BCUT2D eigenvalue weighted by Crippen LogP contribution is -2.35. The van der Waals surface area contributed by atoms with Gasteiger partial charge < -0.3 is 11.1 Å². The molecule has 1 saturated heterocycles. The van der Waals surface area contributed by atoms with Crippen molar-refractivity contribution in [2.75, 3.05) is 12.3 Å². The van der Waals surface area contributed by atoms with E-state index in [1.54, 1.807) is 4.52 Å². The molecule has 3 heterocycles. The molecule has 0 amide bonds. The Hall–Kier alpha value is -1.62. The summed E-state index contributed by atoms with van der Waals surface area (Å²) < 4.78 is 1.71. The Morgan fingerprint density at radius 3 is 3.12 bits per heavy atom. The highest BCUT2D eigenvalue weighted by Gasteiger charge is 2.15. The summed E-state index contributed by atoms with van der Waals surface area (Å²) in [7, 11) is 0. The molecule has 1 aliphatic rings. The summed E-state index contributed by atoms with van der Waals surface area (Å²) in [4.78, 5) is 4.50. The van der Waals surface area contributed by atoms with Gasteiger partial charge in [0.15, 0.2) is 11.5 Å². The number of rotatable bonds is 2. The lowest BCUT2D eigenvalue weighted by molar-refractivity contribution is 0.394. The fourth-order valence-corrected chi connectivity index (χ4v) is 2.37. The van der Waals surface area contributed by atoms with Gasteiger partial charge in [0.05, 0.1) is 0 Å². The van der Waals surface area contributed by atoms with Crippen molar-refractivity contribution in [3.63, 3.8) is 0 Å². The van der Waals surface area contributed by atoms with E-state index in [0.717, 1.165) is 24.4 Å². The second-order valence-electron chi connectivity index (χ2n) is 4.60. The van der Waals surface area contributed by atoms with Gasteiger partial charge in [-0.05, 0) is 31.5 Å². The number of nitrogens with one attached hydrogen (secondary N) is 1. The third-order valence-electron chi connectivity index (χ3n) is 3.27. The summed E-state index contributed by atoms with van der Waals surface area (Å²) in [5.74, 6) is 1.51.